The number of carboxylic acid groups (broad SMARTS) is 1. The van der Waals surface area contributed by atoms with Gasteiger partial charge in [-0.15, -0.1) is 0 Å². The smallest absolute Gasteiger partial charge is 0.434 e. The van der Waals surface area contributed by atoms with E-state index in [1.165, 1.54) is 73.6 Å². The number of aryl methyl sites for hydroxylation is 1. The lowest BCUT2D eigenvalue weighted by Gasteiger charge is -2.33. The Morgan fingerprint density at radius 3 is 2.47 bits per heavy atom. The first-order valence-corrected chi connectivity index (χ1v) is 16.7. The summed E-state index contributed by atoms with van der Waals surface area (Å²) in [6.07, 6.45) is 2.00. The topological polar surface area (TPSA) is 74.5 Å². The largest absolute Gasteiger partial charge is 0.478 e. The summed E-state index contributed by atoms with van der Waals surface area (Å²) in [5, 5.41) is 13.2. The van der Waals surface area contributed by atoms with Gasteiger partial charge in [0.05, 0.1) is 17.6 Å². The highest BCUT2D eigenvalue weighted by molar-refractivity contribution is 5.89. The Morgan fingerprint density at radius 1 is 1.00 bits per heavy atom. The number of hydrogen-bond acceptors (Lipinski definition) is 5. The molecule has 7 nitrogen and oxygen atoms in total. The maximum Gasteiger partial charge on any atom is 0.434 e. The van der Waals surface area contributed by atoms with Gasteiger partial charge in [0.2, 0.25) is 0 Å². The van der Waals surface area contributed by atoms with E-state index in [1.54, 1.807) is 12.1 Å². The fraction of sp³-hybridized carbons (Fsp3) is 0.432. The molecule has 4 heterocycles. The van der Waals surface area contributed by atoms with E-state index in [9.17, 15) is 23.1 Å². The van der Waals surface area contributed by atoms with Gasteiger partial charge in [-0.3, -0.25) is 0 Å². The minimum atomic E-state index is -4.93. The molecule has 0 bridgehead atoms. The molecule has 0 radical (unpaired) electrons. The van der Waals surface area contributed by atoms with Gasteiger partial charge in [-0.25, -0.2) is 14.5 Å². The van der Waals surface area contributed by atoms with Crippen LogP contribution in [-0.2, 0) is 19.1 Å². The molecule has 2 aromatic carbocycles. The predicted octanol–water partition coefficient (Wildman–Crippen LogP) is 7.93. The number of anilines is 1. The summed E-state index contributed by atoms with van der Waals surface area (Å²) in [5.41, 5.74) is 5.38. The van der Waals surface area contributed by atoms with Crippen molar-refractivity contribution in [3.05, 3.63) is 94.3 Å². The molecular formula is C37H40F3N5O2. The van der Waals surface area contributed by atoms with Crippen LogP contribution in [0.2, 0.25) is 0 Å². The normalized spacial score (nSPS) is 18.9. The number of rotatable bonds is 9. The van der Waals surface area contributed by atoms with E-state index in [4.69, 9.17) is 0 Å². The van der Waals surface area contributed by atoms with Crippen molar-refractivity contribution < 1.29 is 23.1 Å². The Morgan fingerprint density at radius 2 is 1.77 bits per heavy atom. The lowest BCUT2D eigenvalue weighted by atomic mass is 9.85. The van der Waals surface area contributed by atoms with Crippen molar-refractivity contribution in [2.45, 2.75) is 70.5 Å². The number of likely N-dealkylation sites (tertiary alicyclic amines) is 1. The van der Waals surface area contributed by atoms with Gasteiger partial charge in [-0.2, -0.15) is 18.3 Å². The van der Waals surface area contributed by atoms with Gasteiger partial charge in [0.25, 0.3) is 0 Å². The van der Waals surface area contributed by atoms with Gasteiger partial charge >= 0.3 is 12.1 Å². The molecule has 0 amide bonds. The third kappa shape index (κ3) is 6.27. The number of alkyl halides is 3. The number of hydrogen-bond donors (Lipinski definition) is 1. The fourth-order valence-corrected chi connectivity index (χ4v) is 7.60. The molecule has 1 atom stereocenters. The number of nitrogens with zero attached hydrogens (tertiary/aromatic N) is 5. The summed E-state index contributed by atoms with van der Waals surface area (Å²) in [7, 11) is 0. The number of benzene rings is 2. The van der Waals surface area contributed by atoms with Gasteiger partial charge in [0.1, 0.15) is 5.56 Å². The van der Waals surface area contributed by atoms with Gasteiger partial charge in [-0.1, -0.05) is 56.3 Å². The second-order valence-corrected chi connectivity index (χ2v) is 13.4. The number of halogens is 3. The molecule has 1 aliphatic carbocycles. The zero-order chi connectivity index (χ0) is 32.9. The molecular weight excluding hydrogens is 603 g/mol. The molecule has 47 heavy (non-hydrogen) atoms. The predicted molar refractivity (Wildman–Crippen MR) is 175 cm³/mol. The Kier molecular flexibility index (Phi) is 8.32. The van der Waals surface area contributed by atoms with Crippen molar-refractivity contribution in [1.29, 1.82) is 0 Å². The number of aromatic nitrogens is 3. The van der Waals surface area contributed by atoms with Crippen LogP contribution in [0.1, 0.15) is 89.7 Å². The molecule has 1 saturated carbocycles. The zero-order valence-electron chi connectivity index (χ0n) is 26.8. The number of aromatic carboxylic acids is 1. The van der Waals surface area contributed by atoms with E-state index >= 15 is 0 Å². The Balaban J connectivity index is 1.16. The molecule has 2 aromatic heterocycles. The van der Waals surface area contributed by atoms with E-state index in [0.29, 0.717) is 22.8 Å². The number of pyridine rings is 1. The number of para-hydroxylation sites is 1. The summed E-state index contributed by atoms with van der Waals surface area (Å²) in [4.78, 5) is 21.2. The van der Waals surface area contributed by atoms with Gasteiger partial charge in [-0.05, 0) is 91.4 Å². The van der Waals surface area contributed by atoms with Crippen LogP contribution in [0, 0.1) is 5.92 Å². The molecule has 3 aliphatic rings. The van der Waals surface area contributed by atoms with Crippen LogP contribution in [0.25, 0.3) is 17.1 Å². The van der Waals surface area contributed by atoms with Gasteiger partial charge < -0.3 is 14.9 Å². The summed E-state index contributed by atoms with van der Waals surface area (Å²) < 4.78 is 42.5. The molecule has 1 N–H and O–H groups in total. The molecule has 0 spiro atoms. The quantitative estimate of drug-likeness (QED) is 0.200. The van der Waals surface area contributed by atoms with Crippen LogP contribution in [0.5, 0.6) is 0 Å². The summed E-state index contributed by atoms with van der Waals surface area (Å²) in [6, 6.07) is 17.8. The molecule has 2 fully saturated rings. The Labute approximate surface area is 273 Å². The average molecular weight is 644 g/mol. The van der Waals surface area contributed by atoms with E-state index in [0.717, 1.165) is 36.3 Å². The highest BCUT2D eigenvalue weighted by atomic mass is 19.4. The van der Waals surface area contributed by atoms with E-state index < -0.39 is 23.4 Å². The van der Waals surface area contributed by atoms with E-state index in [2.05, 4.69) is 58.0 Å². The lowest BCUT2D eigenvalue weighted by Crippen LogP contribution is -2.34. The maximum atomic E-state index is 14.0. The zero-order valence-corrected chi connectivity index (χ0v) is 26.8. The van der Waals surface area contributed by atoms with Crippen molar-refractivity contribution >= 4 is 11.7 Å². The first kappa shape index (κ1) is 31.4. The highest BCUT2D eigenvalue weighted by Crippen LogP contribution is 2.44. The highest BCUT2D eigenvalue weighted by Gasteiger charge is 2.41. The van der Waals surface area contributed by atoms with Gasteiger partial charge in [0, 0.05) is 31.1 Å². The van der Waals surface area contributed by atoms with Crippen LogP contribution in [0.4, 0.5) is 18.9 Å². The molecule has 246 valence electrons. The van der Waals surface area contributed by atoms with Crippen LogP contribution in [-0.4, -0.2) is 56.9 Å². The molecule has 4 aromatic rings. The second-order valence-electron chi connectivity index (χ2n) is 13.4. The van der Waals surface area contributed by atoms with Crippen molar-refractivity contribution in [1.82, 2.24) is 19.7 Å². The maximum absolute atomic E-state index is 14.0. The molecule has 1 saturated heterocycles. The van der Waals surface area contributed by atoms with Crippen LogP contribution < -0.4 is 4.90 Å². The average Bonchev–Trinajstić information content (AvgIpc) is 3.65. The Bertz CT molecular complexity index is 1790. The molecule has 1 unspecified atom stereocenters. The third-order valence-corrected chi connectivity index (χ3v) is 10.1. The number of piperidine rings is 1. The van der Waals surface area contributed by atoms with Crippen molar-refractivity contribution in [2.24, 2.45) is 5.92 Å². The van der Waals surface area contributed by atoms with Crippen molar-refractivity contribution in [2.75, 3.05) is 31.1 Å². The second kappa shape index (κ2) is 12.4. The van der Waals surface area contributed by atoms with Gasteiger partial charge in [0.15, 0.2) is 11.5 Å². The first-order chi connectivity index (χ1) is 22.6. The number of carbonyl (C=O) groups is 1. The van der Waals surface area contributed by atoms with Crippen molar-refractivity contribution in [3.63, 3.8) is 0 Å². The van der Waals surface area contributed by atoms with Crippen LogP contribution in [0.15, 0.2) is 60.8 Å². The van der Waals surface area contributed by atoms with E-state index in [1.807, 2.05) is 12.1 Å². The first-order valence-electron chi connectivity index (χ1n) is 16.7. The fourth-order valence-electron chi connectivity index (χ4n) is 7.60. The molecule has 7 rings (SSSR count). The monoisotopic (exact) mass is 643 g/mol. The standard InChI is InChI=1S/C37H40F3N5O2/c1-3-26-18-25(12-13-29(26)27-14-16-43(17-15-27)21-24-10-11-24)22-44-20-23(2)28-6-4-7-30(34(28)44)32-8-5-9-33(42-32)45-35(37(38,39)40)31(19-41-45)36(46)47/h4-9,12-13,18-19,23-24,27H,3,10-11,14-17,20-22H2,1-2H3,(H,46,47). The summed E-state index contributed by atoms with van der Waals surface area (Å²) in [6.45, 7) is 9.59. The SMILES string of the molecule is CCc1cc(CN2CC(C)c3cccc(-c4cccc(-n5ncc(C(=O)O)c5C(F)(F)F)n4)c32)ccc1C1CCN(CC2CC2)CC1. The number of carboxylic acids is 1. The van der Waals surface area contributed by atoms with Crippen molar-refractivity contribution in [3.8, 4) is 17.1 Å². The van der Waals surface area contributed by atoms with Crippen LogP contribution >= 0.6 is 0 Å². The minimum absolute atomic E-state index is 0.0981. The molecule has 10 heteroatoms. The van der Waals surface area contributed by atoms with Crippen LogP contribution in [0.3, 0.4) is 0 Å². The minimum Gasteiger partial charge on any atom is -0.478 e. The number of fused-ring (bicyclic) bond motifs is 1. The van der Waals surface area contributed by atoms with E-state index in [-0.39, 0.29) is 11.7 Å². The third-order valence-electron chi connectivity index (χ3n) is 10.1. The summed E-state index contributed by atoms with van der Waals surface area (Å²) in [5.74, 6) is 0.00492. The lowest BCUT2D eigenvalue weighted by molar-refractivity contribution is -0.143. The summed E-state index contributed by atoms with van der Waals surface area (Å²) >= 11 is 0. The Hall–Kier alpha value is -4.18. The molecule has 2 aliphatic heterocycles.